The summed E-state index contributed by atoms with van der Waals surface area (Å²) in [7, 11) is 0. The molecule has 1 heterocycles. The quantitative estimate of drug-likeness (QED) is 0.794. The lowest BCUT2D eigenvalue weighted by atomic mass is 9.94. The van der Waals surface area contributed by atoms with Gasteiger partial charge in [0.2, 0.25) is 0 Å². The van der Waals surface area contributed by atoms with Crippen molar-refractivity contribution in [1.29, 1.82) is 0 Å². The van der Waals surface area contributed by atoms with Gasteiger partial charge in [-0.15, -0.1) is 5.06 Å². The van der Waals surface area contributed by atoms with Gasteiger partial charge in [-0.25, -0.2) is 9.18 Å². The van der Waals surface area contributed by atoms with Crippen LogP contribution in [0.2, 0.25) is 0 Å². The zero-order chi connectivity index (χ0) is 14.0. The minimum Gasteiger partial charge on any atom is -0.361 e. The second-order valence-corrected chi connectivity index (χ2v) is 4.42. The fourth-order valence-electron chi connectivity index (χ4n) is 1.85. The normalized spacial score (nSPS) is 17.1. The third kappa shape index (κ3) is 3.66. The summed E-state index contributed by atoms with van der Waals surface area (Å²) in [6.45, 7) is 0.498. The minimum absolute atomic E-state index is 0.103. The van der Waals surface area contributed by atoms with Crippen molar-refractivity contribution in [1.82, 2.24) is 5.06 Å². The lowest BCUT2D eigenvalue weighted by Crippen LogP contribution is -2.50. The molecular formula is C12H11F4NO2. The summed E-state index contributed by atoms with van der Waals surface area (Å²) in [5.41, 5.74) is 0.896. The average molecular weight is 277 g/mol. The molecule has 3 nitrogen and oxygen atoms in total. The fourth-order valence-corrected chi connectivity index (χ4v) is 1.85. The summed E-state index contributed by atoms with van der Waals surface area (Å²) in [5, 5.41) is 0.976. The van der Waals surface area contributed by atoms with E-state index in [1.165, 1.54) is 12.1 Å². The molecule has 0 radical (unpaired) electrons. The Bertz CT molecular complexity index is 452. The molecule has 0 aromatic heterocycles. The van der Waals surface area contributed by atoms with Gasteiger partial charge in [0.15, 0.2) is 0 Å². The number of hydrogen-bond donors (Lipinski definition) is 0. The number of alkyl halides is 3. The maximum absolute atomic E-state index is 12.7. The fraction of sp³-hybridized carbons (Fsp3) is 0.417. The van der Waals surface area contributed by atoms with Crippen molar-refractivity contribution in [3.63, 3.8) is 0 Å². The van der Waals surface area contributed by atoms with Crippen LogP contribution in [0.3, 0.4) is 0 Å². The minimum atomic E-state index is -4.97. The molecule has 0 N–H and O–H groups in total. The molecule has 0 amide bonds. The largest absolute Gasteiger partial charge is 0.492 e. The Balaban J connectivity index is 1.75. The number of hydrogen-bond acceptors (Lipinski definition) is 3. The summed E-state index contributed by atoms with van der Waals surface area (Å²) in [6, 6.07) is 5.91. The van der Waals surface area contributed by atoms with Gasteiger partial charge in [-0.05, 0) is 30.0 Å². The highest BCUT2D eigenvalue weighted by Gasteiger charge is 2.44. The molecule has 1 aliphatic rings. The van der Waals surface area contributed by atoms with E-state index in [-0.39, 0.29) is 24.8 Å². The van der Waals surface area contributed by atoms with Crippen molar-refractivity contribution >= 4 is 5.97 Å². The molecule has 0 bridgehead atoms. The van der Waals surface area contributed by atoms with Crippen molar-refractivity contribution < 1.29 is 27.2 Å². The van der Waals surface area contributed by atoms with Crippen LogP contribution in [-0.4, -0.2) is 30.3 Å². The second-order valence-electron chi connectivity index (χ2n) is 4.42. The summed E-state index contributed by atoms with van der Waals surface area (Å²) < 4.78 is 48.4. The van der Waals surface area contributed by atoms with E-state index in [4.69, 9.17) is 0 Å². The van der Waals surface area contributed by atoms with E-state index in [1.807, 2.05) is 0 Å². The number of halogens is 4. The molecular weight excluding hydrogens is 266 g/mol. The molecule has 19 heavy (non-hydrogen) atoms. The third-order valence-corrected chi connectivity index (χ3v) is 2.80. The van der Waals surface area contributed by atoms with Crippen LogP contribution in [0.4, 0.5) is 17.6 Å². The third-order valence-electron chi connectivity index (χ3n) is 2.80. The topological polar surface area (TPSA) is 29.5 Å². The number of benzene rings is 1. The predicted octanol–water partition coefficient (Wildman–Crippen LogP) is 2.32. The summed E-state index contributed by atoms with van der Waals surface area (Å²) in [6.07, 6.45) is -4.36. The Kier molecular flexibility index (Phi) is 3.75. The number of nitrogens with zero attached hydrogens (tertiary/aromatic N) is 1. The zero-order valence-electron chi connectivity index (χ0n) is 9.78. The van der Waals surface area contributed by atoms with Crippen LogP contribution < -0.4 is 0 Å². The van der Waals surface area contributed by atoms with Crippen molar-refractivity contribution in [3.8, 4) is 0 Å². The second kappa shape index (κ2) is 5.16. The molecule has 1 aliphatic heterocycles. The van der Waals surface area contributed by atoms with Crippen LogP contribution in [0.5, 0.6) is 0 Å². The van der Waals surface area contributed by atoms with E-state index in [9.17, 15) is 22.4 Å². The first-order valence-electron chi connectivity index (χ1n) is 5.63. The van der Waals surface area contributed by atoms with Gasteiger partial charge in [-0.1, -0.05) is 12.1 Å². The van der Waals surface area contributed by atoms with Crippen LogP contribution in [0.25, 0.3) is 0 Å². The van der Waals surface area contributed by atoms with Crippen molar-refractivity contribution in [2.75, 3.05) is 13.1 Å². The van der Waals surface area contributed by atoms with Gasteiger partial charge >= 0.3 is 12.1 Å². The SMILES string of the molecule is O=C(ON1CC(Cc2ccc(F)cc2)C1)C(F)(F)F. The summed E-state index contributed by atoms with van der Waals surface area (Å²) in [5.74, 6) is -2.43. The van der Waals surface area contributed by atoms with E-state index in [1.54, 1.807) is 12.1 Å². The average Bonchev–Trinajstić information content (AvgIpc) is 2.27. The van der Waals surface area contributed by atoms with Crippen molar-refractivity contribution in [2.45, 2.75) is 12.6 Å². The number of hydroxylamine groups is 2. The molecule has 0 aliphatic carbocycles. The smallest absolute Gasteiger partial charge is 0.361 e. The first-order chi connectivity index (χ1) is 8.84. The van der Waals surface area contributed by atoms with Gasteiger partial charge in [0.05, 0.1) is 0 Å². The molecule has 0 saturated carbocycles. The molecule has 1 aromatic carbocycles. The maximum atomic E-state index is 12.7. The summed E-state index contributed by atoms with van der Waals surface area (Å²) in [4.78, 5) is 14.7. The first kappa shape index (κ1) is 13.8. The molecule has 2 rings (SSSR count). The van der Waals surface area contributed by atoms with Crippen LogP contribution in [0.1, 0.15) is 5.56 Å². The lowest BCUT2D eigenvalue weighted by molar-refractivity contribution is -0.258. The van der Waals surface area contributed by atoms with E-state index >= 15 is 0 Å². The van der Waals surface area contributed by atoms with Gasteiger partial charge in [-0.3, -0.25) is 0 Å². The zero-order valence-corrected chi connectivity index (χ0v) is 9.78. The van der Waals surface area contributed by atoms with Crippen molar-refractivity contribution in [2.24, 2.45) is 5.92 Å². The standard InChI is InChI=1S/C12H11F4NO2/c13-10-3-1-8(2-4-10)5-9-6-17(7-9)19-11(18)12(14,15)16/h1-4,9H,5-7H2. The molecule has 104 valence electrons. The van der Waals surface area contributed by atoms with Gasteiger partial charge < -0.3 is 4.84 Å². The monoisotopic (exact) mass is 277 g/mol. The Morgan fingerprint density at radius 1 is 1.26 bits per heavy atom. The van der Waals surface area contributed by atoms with Crippen LogP contribution in [0, 0.1) is 11.7 Å². The van der Waals surface area contributed by atoms with E-state index in [0.29, 0.717) is 6.42 Å². The summed E-state index contributed by atoms with van der Waals surface area (Å²) >= 11 is 0. The van der Waals surface area contributed by atoms with E-state index in [2.05, 4.69) is 4.84 Å². The Labute approximate surface area is 106 Å². The van der Waals surface area contributed by atoms with E-state index in [0.717, 1.165) is 10.6 Å². The molecule has 0 spiro atoms. The van der Waals surface area contributed by atoms with Crippen LogP contribution >= 0.6 is 0 Å². The lowest BCUT2D eigenvalue weighted by Gasteiger charge is -2.37. The number of rotatable bonds is 3. The molecule has 0 atom stereocenters. The Morgan fingerprint density at radius 2 is 1.84 bits per heavy atom. The van der Waals surface area contributed by atoms with Crippen LogP contribution in [0.15, 0.2) is 24.3 Å². The van der Waals surface area contributed by atoms with Gasteiger partial charge in [0.1, 0.15) is 5.82 Å². The van der Waals surface area contributed by atoms with Crippen LogP contribution in [-0.2, 0) is 16.1 Å². The molecule has 1 saturated heterocycles. The molecule has 1 fully saturated rings. The molecule has 7 heteroatoms. The van der Waals surface area contributed by atoms with Gasteiger partial charge in [-0.2, -0.15) is 13.2 Å². The number of carbonyl (C=O) groups is 1. The van der Waals surface area contributed by atoms with Gasteiger partial charge in [0, 0.05) is 13.1 Å². The first-order valence-corrected chi connectivity index (χ1v) is 5.63. The predicted molar refractivity (Wildman–Crippen MR) is 57.3 cm³/mol. The highest BCUT2D eigenvalue weighted by Crippen LogP contribution is 2.24. The molecule has 1 aromatic rings. The maximum Gasteiger partial charge on any atom is 0.492 e. The van der Waals surface area contributed by atoms with Crippen molar-refractivity contribution in [3.05, 3.63) is 35.6 Å². The highest BCUT2D eigenvalue weighted by molar-refractivity contribution is 5.75. The number of carbonyl (C=O) groups excluding carboxylic acids is 1. The Hall–Kier alpha value is -1.63. The molecule has 0 unspecified atom stereocenters. The van der Waals surface area contributed by atoms with E-state index < -0.39 is 12.1 Å². The highest BCUT2D eigenvalue weighted by atomic mass is 19.4. The Morgan fingerprint density at radius 3 is 2.37 bits per heavy atom. The van der Waals surface area contributed by atoms with Gasteiger partial charge in [0.25, 0.3) is 0 Å².